The molecule has 1 heterocycles. The maximum absolute atomic E-state index is 12.8. The van der Waals surface area contributed by atoms with Gasteiger partial charge in [-0.25, -0.2) is 0 Å². The molecule has 0 aliphatic carbocycles. The van der Waals surface area contributed by atoms with E-state index in [2.05, 4.69) is 15.6 Å². The Hall–Kier alpha value is -3.35. The normalized spacial score (nSPS) is 12.3. The fourth-order valence-corrected chi connectivity index (χ4v) is 2.69. The number of pyridine rings is 1. The molecule has 3 rings (SSSR count). The Balaban J connectivity index is 1.72. The number of nitrogens with one attached hydrogen (secondary N) is 2. The third-order valence-electron chi connectivity index (χ3n) is 4.12. The summed E-state index contributed by atoms with van der Waals surface area (Å²) in [6.07, 6.45) is -3.00. The minimum absolute atomic E-state index is 0.00276. The molecule has 1 atom stereocenters. The number of alkyl halides is 3. The van der Waals surface area contributed by atoms with Crippen molar-refractivity contribution in [1.29, 1.82) is 0 Å². The number of hydrogen-bond acceptors (Lipinski definition) is 3. The van der Waals surface area contributed by atoms with Gasteiger partial charge in [0.15, 0.2) is 0 Å². The number of carbonyl (C=O) groups excluding carboxylic acids is 1. The molecule has 0 aliphatic rings. The van der Waals surface area contributed by atoms with Crippen molar-refractivity contribution in [2.75, 3.05) is 10.6 Å². The predicted molar refractivity (Wildman–Crippen MR) is 102 cm³/mol. The molecule has 28 heavy (non-hydrogen) atoms. The van der Waals surface area contributed by atoms with Crippen LogP contribution in [-0.4, -0.2) is 10.9 Å². The summed E-state index contributed by atoms with van der Waals surface area (Å²) in [5, 5.41) is 5.73. The van der Waals surface area contributed by atoms with Gasteiger partial charge in [-0.05, 0) is 42.8 Å². The van der Waals surface area contributed by atoms with Crippen LogP contribution >= 0.6 is 0 Å². The van der Waals surface area contributed by atoms with Gasteiger partial charge in [-0.1, -0.05) is 36.4 Å². The minimum atomic E-state index is -4.48. The number of carbonyl (C=O) groups is 1. The van der Waals surface area contributed by atoms with Gasteiger partial charge in [0.05, 0.1) is 5.56 Å². The third kappa shape index (κ3) is 4.88. The molecule has 7 heteroatoms. The quantitative estimate of drug-likeness (QED) is 0.608. The molecule has 1 unspecified atom stereocenters. The number of nitrogens with zero attached hydrogens (tertiary/aromatic N) is 1. The van der Waals surface area contributed by atoms with E-state index in [9.17, 15) is 18.0 Å². The van der Waals surface area contributed by atoms with Crippen LogP contribution in [-0.2, 0) is 6.18 Å². The number of aromatic nitrogens is 1. The van der Waals surface area contributed by atoms with Crippen LogP contribution in [0, 0.1) is 0 Å². The standard InChI is InChI=1S/C21H18F3N3O/c1-14(15-6-3-2-4-7-15)26-18-10-11-25-19(13-18)20(28)27-17-9-5-8-16(12-17)21(22,23)24/h2-14H,1H3,(H,25,26)(H,27,28). The molecule has 1 aromatic heterocycles. The van der Waals surface area contributed by atoms with Crippen LogP contribution in [0.15, 0.2) is 72.9 Å². The number of amides is 1. The van der Waals surface area contributed by atoms with Gasteiger partial charge in [0, 0.05) is 23.6 Å². The van der Waals surface area contributed by atoms with Crippen molar-refractivity contribution in [2.45, 2.75) is 19.1 Å². The molecule has 2 aromatic carbocycles. The highest BCUT2D eigenvalue weighted by molar-refractivity contribution is 6.03. The average Bonchev–Trinajstić information content (AvgIpc) is 2.68. The molecule has 0 saturated carbocycles. The molecule has 4 nitrogen and oxygen atoms in total. The lowest BCUT2D eigenvalue weighted by Crippen LogP contribution is -2.15. The van der Waals surface area contributed by atoms with Crippen LogP contribution in [0.4, 0.5) is 24.5 Å². The van der Waals surface area contributed by atoms with E-state index in [1.807, 2.05) is 37.3 Å². The Kier molecular flexibility index (Phi) is 5.63. The zero-order valence-corrected chi connectivity index (χ0v) is 15.0. The summed E-state index contributed by atoms with van der Waals surface area (Å²) < 4.78 is 38.4. The van der Waals surface area contributed by atoms with Gasteiger partial charge in [-0.2, -0.15) is 13.2 Å². The molecule has 0 bridgehead atoms. The summed E-state index contributed by atoms with van der Waals surface area (Å²) >= 11 is 0. The molecule has 0 fully saturated rings. The summed E-state index contributed by atoms with van der Waals surface area (Å²) in [6, 6.07) is 17.5. The Morgan fingerprint density at radius 3 is 2.43 bits per heavy atom. The van der Waals surface area contributed by atoms with Crippen LogP contribution in [0.5, 0.6) is 0 Å². The fraction of sp³-hybridized carbons (Fsp3) is 0.143. The van der Waals surface area contributed by atoms with Gasteiger partial charge < -0.3 is 10.6 Å². The second-order valence-corrected chi connectivity index (χ2v) is 6.24. The highest BCUT2D eigenvalue weighted by atomic mass is 19.4. The average molecular weight is 385 g/mol. The Morgan fingerprint density at radius 2 is 1.71 bits per heavy atom. The first-order valence-corrected chi connectivity index (χ1v) is 8.59. The van der Waals surface area contributed by atoms with Gasteiger partial charge in [0.25, 0.3) is 5.91 Å². The first-order valence-electron chi connectivity index (χ1n) is 8.59. The summed E-state index contributed by atoms with van der Waals surface area (Å²) in [5.41, 5.74) is 1.08. The van der Waals surface area contributed by atoms with Crippen molar-refractivity contribution in [3.8, 4) is 0 Å². The van der Waals surface area contributed by atoms with E-state index in [4.69, 9.17) is 0 Å². The second kappa shape index (κ2) is 8.12. The van der Waals surface area contributed by atoms with Crippen LogP contribution in [0.3, 0.4) is 0 Å². The SMILES string of the molecule is CC(Nc1ccnc(C(=O)Nc2cccc(C(F)(F)F)c2)c1)c1ccccc1. The molecule has 0 aliphatic heterocycles. The third-order valence-corrected chi connectivity index (χ3v) is 4.12. The smallest absolute Gasteiger partial charge is 0.378 e. The molecule has 2 N–H and O–H groups in total. The van der Waals surface area contributed by atoms with E-state index in [-0.39, 0.29) is 17.4 Å². The summed E-state index contributed by atoms with van der Waals surface area (Å²) in [5.74, 6) is -0.588. The topological polar surface area (TPSA) is 54.0 Å². The predicted octanol–water partition coefficient (Wildman–Crippen LogP) is 5.53. The highest BCUT2D eigenvalue weighted by Gasteiger charge is 2.30. The highest BCUT2D eigenvalue weighted by Crippen LogP contribution is 2.30. The summed E-state index contributed by atoms with van der Waals surface area (Å²) in [6.45, 7) is 1.98. The van der Waals surface area contributed by atoms with Gasteiger partial charge in [0.1, 0.15) is 5.69 Å². The number of halogens is 3. The summed E-state index contributed by atoms with van der Waals surface area (Å²) in [7, 11) is 0. The van der Waals surface area contributed by atoms with Crippen molar-refractivity contribution in [1.82, 2.24) is 4.98 Å². The van der Waals surface area contributed by atoms with Gasteiger partial charge in [-0.3, -0.25) is 9.78 Å². The lowest BCUT2D eigenvalue weighted by molar-refractivity contribution is -0.137. The van der Waals surface area contributed by atoms with Crippen molar-refractivity contribution in [3.05, 3.63) is 89.7 Å². The Labute approximate surface area is 160 Å². The molecule has 1 amide bonds. The molecule has 0 radical (unpaired) electrons. The lowest BCUT2D eigenvalue weighted by Gasteiger charge is -2.16. The molecule has 144 valence electrons. The zero-order valence-electron chi connectivity index (χ0n) is 15.0. The van der Waals surface area contributed by atoms with Gasteiger partial charge in [-0.15, -0.1) is 0 Å². The van der Waals surface area contributed by atoms with Gasteiger partial charge in [0.2, 0.25) is 0 Å². The molecule has 0 saturated heterocycles. The maximum Gasteiger partial charge on any atom is 0.416 e. The van der Waals surface area contributed by atoms with Crippen molar-refractivity contribution in [3.63, 3.8) is 0 Å². The number of hydrogen-bond donors (Lipinski definition) is 2. The molecular formula is C21H18F3N3O. The molecule has 3 aromatic rings. The van der Waals surface area contributed by atoms with E-state index < -0.39 is 17.6 Å². The number of benzene rings is 2. The van der Waals surface area contributed by atoms with E-state index in [1.54, 1.807) is 12.1 Å². The number of anilines is 2. The maximum atomic E-state index is 12.8. The van der Waals surface area contributed by atoms with Crippen LogP contribution < -0.4 is 10.6 Å². The van der Waals surface area contributed by atoms with Crippen LogP contribution in [0.1, 0.15) is 34.6 Å². The van der Waals surface area contributed by atoms with Crippen molar-refractivity contribution in [2.24, 2.45) is 0 Å². The van der Waals surface area contributed by atoms with Crippen molar-refractivity contribution < 1.29 is 18.0 Å². The molecular weight excluding hydrogens is 367 g/mol. The monoisotopic (exact) mass is 385 g/mol. The Bertz CT molecular complexity index is 958. The first-order chi connectivity index (χ1) is 13.3. The van der Waals surface area contributed by atoms with E-state index in [1.165, 1.54) is 18.3 Å². The molecule has 0 spiro atoms. The van der Waals surface area contributed by atoms with E-state index in [0.29, 0.717) is 5.69 Å². The van der Waals surface area contributed by atoms with Crippen molar-refractivity contribution >= 4 is 17.3 Å². The number of rotatable bonds is 5. The van der Waals surface area contributed by atoms with Crippen LogP contribution in [0.2, 0.25) is 0 Å². The second-order valence-electron chi connectivity index (χ2n) is 6.24. The Morgan fingerprint density at radius 1 is 0.964 bits per heavy atom. The minimum Gasteiger partial charge on any atom is -0.378 e. The lowest BCUT2D eigenvalue weighted by atomic mass is 10.1. The zero-order chi connectivity index (χ0) is 20.1. The van der Waals surface area contributed by atoms with Gasteiger partial charge >= 0.3 is 6.18 Å². The summed E-state index contributed by atoms with van der Waals surface area (Å²) in [4.78, 5) is 16.4. The van der Waals surface area contributed by atoms with Crippen LogP contribution in [0.25, 0.3) is 0 Å². The largest absolute Gasteiger partial charge is 0.416 e. The van der Waals surface area contributed by atoms with E-state index in [0.717, 1.165) is 17.7 Å². The van der Waals surface area contributed by atoms with E-state index >= 15 is 0 Å². The first kappa shape index (κ1) is 19.4. The fourth-order valence-electron chi connectivity index (χ4n) is 2.69.